The molecule has 0 saturated carbocycles. The van der Waals surface area contributed by atoms with Gasteiger partial charge in [-0.2, -0.15) is 0 Å². The quantitative estimate of drug-likeness (QED) is 0.444. The van der Waals surface area contributed by atoms with Crippen molar-refractivity contribution in [2.24, 2.45) is 5.92 Å². The van der Waals surface area contributed by atoms with E-state index in [0.29, 0.717) is 24.6 Å². The number of likely N-dealkylation sites (tertiary alicyclic amines) is 1. The number of carbonyl (C=O) groups is 2. The lowest BCUT2D eigenvalue weighted by Gasteiger charge is -2.32. The van der Waals surface area contributed by atoms with Gasteiger partial charge in [0.15, 0.2) is 0 Å². The number of hydrogen-bond donors (Lipinski definition) is 1. The van der Waals surface area contributed by atoms with Crippen molar-refractivity contribution in [3.8, 4) is 5.75 Å². The van der Waals surface area contributed by atoms with Crippen molar-refractivity contribution in [2.45, 2.75) is 39.0 Å². The van der Waals surface area contributed by atoms with Crippen LogP contribution < -0.4 is 10.1 Å². The molecule has 3 heterocycles. The molecule has 7 heteroatoms. The molecule has 0 bridgehead atoms. The van der Waals surface area contributed by atoms with Gasteiger partial charge in [0.2, 0.25) is 0 Å². The van der Waals surface area contributed by atoms with E-state index in [0.717, 1.165) is 65.9 Å². The number of aromatic nitrogens is 1. The Morgan fingerprint density at radius 2 is 2.03 bits per heavy atom. The van der Waals surface area contributed by atoms with E-state index in [2.05, 4.69) is 10.3 Å². The van der Waals surface area contributed by atoms with Gasteiger partial charge in [0.1, 0.15) is 5.75 Å². The van der Waals surface area contributed by atoms with E-state index in [1.165, 1.54) is 11.3 Å². The molecule has 1 fully saturated rings. The summed E-state index contributed by atoms with van der Waals surface area (Å²) in [7, 11) is 0. The Morgan fingerprint density at radius 3 is 2.82 bits per heavy atom. The molecule has 2 amide bonds. The molecule has 33 heavy (non-hydrogen) atoms. The molecular weight excluding hydrogens is 434 g/mol. The van der Waals surface area contributed by atoms with Gasteiger partial charge in [-0.15, -0.1) is 11.3 Å². The van der Waals surface area contributed by atoms with Crippen molar-refractivity contribution in [3.05, 3.63) is 59.2 Å². The van der Waals surface area contributed by atoms with E-state index in [9.17, 15) is 9.59 Å². The molecule has 2 aromatic heterocycles. The van der Waals surface area contributed by atoms with Gasteiger partial charge < -0.3 is 15.0 Å². The maximum absolute atomic E-state index is 12.8. The molecule has 1 saturated heterocycles. The van der Waals surface area contributed by atoms with Gasteiger partial charge in [0, 0.05) is 37.6 Å². The molecule has 0 unspecified atom stereocenters. The summed E-state index contributed by atoms with van der Waals surface area (Å²) in [6.45, 7) is 4.84. The van der Waals surface area contributed by atoms with Gasteiger partial charge >= 0.3 is 0 Å². The monoisotopic (exact) mass is 465 g/mol. The minimum absolute atomic E-state index is 0.00331. The van der Waals surface area contributed by atoms with Crippen LogP contribution in [0.25, 0.3) is 10.1 Å². The topological polar surface area (TPSA) is 71.5 Å². The number of hydrogen-bond acceptors (Lipinski definition) is 5. The number of pyridine rings is 1. The van der Waals surface area contributed by atoms with Crippen molar-refractivity contribution < 1.29 is 14.3 Å². The SMILES string of the molecule is CCOc1cccc(C(=O)N2CCC(CCCCNC(=O)c3cc4ccncc4s3)CC2)c1. The van der Waals surface area contributed by atoms with Crippen LogP contribution in [-0.4, -0.2) is 47.9 Å². The van der Waals surface area contributed by atoms with E-state index >= 15 is 0 Å². The fraction of sp³-hybridized carbons (Fsp3) is 0.423. The number of piperidine rings is 1. The maximum atomic E-state index is 12.8. The Balaban J connectivity index is 1.14. The summed E-state index contributed by atoms with van der Waals surface area (Å²) in [4.78, 5) is 32.0. The molecule has 0 atom stereocenters. The number of rotatable bonds is 9. The number of benzene rings is 1. The molecule has 4 rings (SSSR count). The standard InChI is InChI=1S/C26H31N3O3S/c1-2-32-22-8-5-7-21(16-22)26(31)29-14-10-19(11-15-29)6-3-4-12-28-25(30)23-17-20-9-13-27-18-24(20)33-23/h5,7-9,13,16-19H,2-4,6,10-12,14-15H2,1H3,(H,28,30). The van der Waals surface area contributed by atoms with Crippen LogP contribution in [0.4, 0.5) is 0 Å². The van der Waals surface area contributed by atoms with Crippen LogP contribution in [0.15, 0.2) is 48.8 Å². The van der Waals surface area contributed by atoms with Crippen molar-refractivity contribution in [2.75, 3.05) is 26.2 Å². The highest BCUT2D eigenvalue weighted by Gasteiger charge is 2.23. The smallest absolute Gasteiger partial charge is 0.261 e. The summed E-state index contributed by atoms with van der Waals surface area (Å²) in [6, 6.07) is 11.3. The number of ether oxygens (including phenoxy) is 1. The lowest BCUT2D eigenvalue weighted by Crippen LogP contribution is -2.38. The average molecular weight is 466 g/mol. The molecule has 0 aliphatic carbocycles. The molecule has 0 spiro atoms. The zero-order valence-electron chi connectivity index (χ0n) is 19.1. The normalized spacial score (nSPS) is 14.4. The van der Waals surface area contributed by atoms with Crippen LogP contribution in [0, 0.1) is 5.92 Å². The Labute approximate surface area is 199 Å². The fourth-order valence-corrected chi connectivity index (χ4v) is 5.28. The number of nitrogens with zero attached hydrogens (tertiary/aromatic N) is 2. The molecule has 1 N–H and O–H groups in total. The molecule has 0 radical (unpaired) electrons. The van der Waals surface area contributed by atoms with Gasteiger partial charge in [0.25, 0.3) is 11.8 Å². The lowest BCUT2D eigenvalue weighted by atomic mass is 9.91. The summed E-state index contributed by atoms with van der Waals surface area (Å²) >= 11 is 1.48. The first-order valence-electron chi connectivity index (χ1n) is 11.8. The molecule has 1 aliphatic rings. The van der Waals surface area contributed by atoms with Gasteiger partial charge in [-0.1, -0.05) is 18.9 Å². The Kier molecular flexibility index (Phi) is 7.94. The summed E-state index contributed by atoms with van der Waals surface area (Å²) in [5.74, 6) is 1.48. The predicted molar refractivity (Wildman–Crippen MR) is 132 cm³/mol. The van der Waals surface area contributed by atoms with E-state index in [1.54, 1.807) is 12.4 Å². The molecular formula is C26H31N3O3S. The van der Waals surface area contributed by atoms with Gasteiger partial charge in [-0.3, -0.25) is 14.6 Å². The highest BCUT2D eigenvalue weighted by atomic mass is 32.1. The third-order valence-corrected chi connectivity index (χ3v) is 7.25. The van der Waals surface area contributed by atoms with E-state index in [4.69, 9.17) is 4.74 Å². The molecule has 3 aromatic rings. The van der Waals surface area contributed by atoms with Crippen LogP contribution in [0.3, 0.4) is 0 Å². The van der Waals surface area contributed by atoms with Crippen molar-refractivity contribution >= 4 is 33.2 Å². The first-order chi connectivity index (χ1) is 16.1. The zero-order chi connectivity index (χ0) is 23.0. The molecule has 1 aliphatic heterocycles. The number of unbranched alkanes of at least 4 members (excludes halogenated alkanes) is 1. The second-order valence-corrected chi connectivity index (χ2v) is 9.56. The van der Waals surface area contributed by atoms with Crippen LogP contribution in [0.2, 0.25) is 0 Å². The molecule has 6 nitrogen and oxygen atoms in total. The van der Waals surface area contributed by atoms with E-state index < -0.39 is 0 Å². The minimum atomic E-state index is -0.00331. The van der Waals surface area contributed by atoms with Gasteiger partial charge in [0.05, 0.1) is 16.2 Å². The maximum Gasteiger partial charge on any atom is 0.261 e. The lowest BCUT2D eigenvalue weighted by molar-refractivity contribution is 0.0685. The second kappa shape index (κ2) is 11.3. The molecule has 1 aromatic carbocycles. The number of nitrogens with one attached hydrogen (secondary N) is 1. The summed E-state index contributed by atoms with van der Waals surface area (Å²) in [5.41, 5.74) is 0.699. The van der Waals surface area contributed by atoms with Crippen LogP contribution in [-0.2, 0) is 0 Å². The average Bonchev–Trinajstić information content (AvgIpc) is 3.29. The van der Waals surface area contributed by atoms with Crippen LogP contribution in [0.1, 0.15) is 59.1 Å². The highest BCUT2D eigenvalue weighted by molar-refractivity contribution is 7.20. The van der Waals surface area contributed by atoms with Crippen molar-refractivity contribution in [1.82, 2.24) is 15.2 Å². The van der Waals surface area contributed by atoms with Crippen molar-refractivity contribution in [3.63, 3.8) is 0 Å². The third kappa shape index (κ3) is 6.11. The fourth-order valence-electron chi connectivity index (χ4n) is 4.34. The first kappa shape index (κ1) is 23.2. The third-order valence-electron chi connectivity index (χ3n) is 6.17. The zero-order valence-corrected chi connectivity index (χ0v) is 19.9. The second-order valence-electron chi connectivity index (χ2n) is 8.47. The van der Waals surface area contributed by atoms with E-state index in [1.807, 2.05) is 48.2 Å². The summed E-state index contributed by atoms with van der Waals surface area (Å²) in [5, 5.41) is 4.10. The van der Waals surface area contributed by atoms with Crippen molar-refractivity contribution in [1.29, 1.82) is 0 Å². The largest absolute Gasteiger partial charge is 0.494 e. The highest BCUT2D eigenvalue weighted by Crippen LogP contribution is 2.25. The summed E-state index contributed by atoms with van der Waals surface area (Å²) < 4.78 is 6.56. The van der Waals surface area contributed by atoms with Gasteiger partial charge in [-0.05, 0) is 67.8 Å². The molecule has 174 valence electrons. The Bertz CT molecular complexity index is 1060. The van der Waals surface area contributed by atoms with Crippen LogP contribution >= 0.6 is 11.3 Å². The summed E-state index contributed by atoms with van der Waals surface area (Å²) in [6.07, 6.45) is 8.84. The Morgan fingerprint density at radius 1 is 1.18 bits per heavy atom. The number of carbonyl (C=O) groups excluding carboxylic acids is 2. The van der Waals surface area contributed by atoms with Crippen LogP contribution in [0.5, 0.6) is 5.75 Å². The number of fused-ring (bicyclic) bond motifs is 1. The first-order valence-corrected chi connectivity index (χ1v) is 12.6. The minimum Gasteiger partial charge on any atom is -0.494 e. The number of thiophene rings is 1. The number of amides is 2. The Hall–Kier alpha value is -2.93. The predicted octanol–water partition coefficient (Wildman–Crippen LogP) is 5.15. The van der Waals surface area contributed by atoms with E-state index in [-0.39, 0.29) is 11.8 Å². The van der Waals surface area contributed by atoms with Gasteiger partial charge in [-0.25, -0.2) is 0 Å².